The van der Waals surface area contributed by atoms with E-state index in [0.29, 0.717) is 5.82 Å². The molecule has 0 spiro atoms. The fourth-order valence-corrected chi connectivity index (χ4v) is 2.13. The monoisotopic (exact) mass is 266 g/mol. The van der Waals surface area contributed by atoms with Crippen molar-refractivity contribution >= 4 is 5.82 Å². The second-order valence-electron chi connectivity index (χ2n) is 4.54. The van der Waals surface area contributed by atoms with Gasteiger partial charge in [0, 0.05) is 23.5 Å². The number of nitrogen functional groups attached to an aromatic ring is 1. The molecule has 0 saturated carbocycles. The van der Waals surface area contributed by atoms with Gasteiger partial charge in [-0.15, -0.1) is 0 Å². The Kier molecular flexibility index (Phi) is 2.90. The molecule has 20 heavy (non-hydrogen) atoms. The standard InChI is InChI=1S/C14H14N6/c1-9-6-10(2)20(19-9)14-11(4-3-5-16-14)12-7-13(15)18-8-17-12/h3-8H,1-2H3,(H2,15,17,18). The summed E-state index contributed by atoms with van der Waals surface area (Å²) in [6, 6.07) is 7.54. The summed E-state index contributed by atoms with van der Waals surface area (Å²) in [5.41, 5.74) is 9.29. The highest BCUT2D eigenvalue weighted by molar-refractivity contribution is 5.68. The van der Waals surface area contributed by atoms with Crippen molar-refractivity contribution in [3.63, 3.8) is 0 Å². The van der Waals surface area contributed by atoms with Gasteiger partial charge in [0.1, 0.15) is 12.1 Å². The van der Waals surface area contributed by atoms with E-state index in [4.69, 9.17) is 5.73 Å². The van der Waals surface area contributed by atoms with Gasteiger partial charge in [-0.3, -0.25) is 0 Å². The summed E-state index contributed by atoms with van der Waals surface area (Å²) in [6.07, 6.45) is 3.18. The number of nitrogens with zero attached hydrogens (tertiary/aromatic N) is 5. The number of aromatic nitrogens is 5. The Balaban J connectivity index is 2.21. The van der Waals surface area contributed by atoms with Gasteiger partial charge in [0.05, 0.1) is 11.4 Å². The van der Waals surface area contributed by atoms with Crippen LogP contribution in [0.5, 0.6) is 0 Å². The Morgan fingerprint density at radius 1 is 1.10 bits per heavy atom. The van der Waals surface area contributed by atoms with Crippen molar-refractivity contribution in [3.8, 4) is 17.1 Å². The van der Waals surface area contributed by atoms with E-state index in [1.807, 2.05) is 36.7 Å². The highest BCUT2D eigenvalue weighted by Crippen LogP contribution is 2.24. The first kappa shape index (κ1) is 12.3. The molecule has 3 aromatic heterocycles. The third kappa shape index (κ3) is 2.11. The molecular weight excluding hydrogens is 252 g/mol. The molecule has 0 fully saturated rings. The summed E-state index contributed by atoms with van der Waals surface area (Å²) in [6.45, 7) is 3.95. The molecular formula is C14H14N6. The van der Waals surface area contributed by atoms with E-state index in [-0.39, 0.29) is 0 Å². The van der Waals surface area contributed by atoms with Crippen LogP contribution in [0.3, 0.4) is 0 Å². The maximum atomic E-state index is 5.72. The molecule has 0 aromatic carbocycles. The predicted octanol–water partition coefficient (Wildman–Crippen LogP) is 1.92. The summed E-state index contributed by atoms with van der Waals surface area (Å²) in [5.74, 6) is 1.16. The number of aryl methyl sites for hydroxylation is 2. The van der Waals surface area contributed by atoms with Gasteiger partial charge in [0.15, 0.2) is 5.82 Å². The molecule has 3 heterocycles. The van der Waals surface area contributed by atoms with Crippen LogP contribution in [0.2, 0.25) is 0 Å². The van der Waals surface area contributed by atoms with Gasteiger partial charge in [0.2, 0.25) is 0 Å². The topological polar surface area (TPSA) is 82.5 Å². The van der Waals surface area contributed by atoms with E-state index in [1.54, 1.807) is 12.3 Å². The van der Waals surface area contributed by atoms with Crippen LogP contribution in [0.15, 0.2) is 36.8 Å². The molecule has 100 valence electrons. The molecule has 3 rings (SSSR count). The average molecular weight is 266 g/mol. The van der Waals surface area contributed by atoms with E-state index in [2.05, 4.69) is 20.1 Å². The number of hydrogen-bond acceptors (Lipinski definition) is 5. The van der Waals surface area contributed by atoms with Gasteiger partial charge < -0.3 is 5.73 Å². The lowest BCUT2D eigenvalue weighted by Gasteiger charge is -2.09. The smallest absolute Gasteiger partial charge is 0.163 e. The fourth-order valence-electron chi connectivity index (χ4n) is 2.13. The minimum absolute atomic E-state index is 0.429. The zero-order valence-electron chi connectivity index (χ0n) is 11.3. The summed E-state index contributed by atoms with van der Waals surface area (Å²) >= 11 is 0. The van der Waals surface area contributed by atoms with Gasteiger partial charge in [-0.1, -0.05) is 0 Å². The zero-order chi connectivity index (χ0) is 14.1. The van der Waals surface area contributed by atoms with Gasteiger partial charge in [0.25, 0.3) is 0 Å². The molecule has 0 unspecified atom stereocenters. The average Bonchev–Trinajstić information content (AvgIpc) is 2.78. The molecule has 0 bridgehead atoms. The van der Waals surface area contributed by atoms with E-state index in [0.717, 1.165) is 28.5 Å². The predicted molar refractivity (Wildman–Crippen MR) is 76.3 cm³/mol. The number of hydrogen-bond donors (Lipinski definition) is 1. The van der Waals surface area contributed by atoms with E-state index >= 15 is 0 Å². The van der Waals surface area contributed by atoms with Crippen molar-refractivity contribution < 1.29 is 0 Å². The molecule has 0 atom stereocenters. The first-order valence-electron chi connectivity index (χ1n) is 6.21. The Morgan fingerprint density at radius 2 is 1.95 bits per heavy atom. The number of pyridine rings is 1. The van der Waals surface area contributed by atoms with E-state index in [1.165, 1.54) is 6.33 Å². The van der Waals surface area contributed by atoms with Crippen LogP contribution >= 0.6 is 0 Å². The molecule has 0 amide bonds. The molecule has 6 heteroatoms. The lowest BCUT2D eigenvalue weighted by atomic mass is 10.2. The molecule has 0 aliphatic carbocycles. The summed E-state index contributed by atoms with van der Waals surface area (Å²) in [7, 11) is 0. The van der Waals surface area contributed by atoms with Gasteiger partial charge >= 0.3 is 0 Å². The third-order valence-corrected chi connectivity index (χ3v) is 2.96. The molecule has 0 aliphatic heterocycles. The first-order valence-corrected chi connectivity index (χ1v) is 6.21. The van der Waals surface area contributed by atoms with Crippen LogP contribution in [-0.4, -0.2) is 24.7 Å². The third-order valence-electron chi connectivity index (χ3n) is 2.96. The first-order chi connectivity index (χ1) is 9.65. The van der Waals surface area contributed by atoms with Crippen molar-refractivity contribution in [3.05, 3.63) is 48.2 Å². The Labute approximate surface area is 116 Å². The normalized spacial score (nSPS) is 10.7. The van der Waals surface area contributed by atoms with Gasteiger partial charge in [-0.2, -0.15) is 5.10 Å². The highest BCUT2D eigenvalue weighted by atomic mass is 15.3. The van der Waals surface area contributed by atoms with E-state index < -0.39 is 0 Å². The zero-order valence-corrected chi connectivity index (χ0v) is 11.3. The van der Waals surface area contributed by atoms with Crippen molar-refractivity contribution in [2.24, 2.45) is 0 Å². The van der Waals surface area contributed by atoms with Crippen molar-refractivity contribution in [2.75, 3.05) is 5.73 Å². The minimum Gasteiger partial charge on any atom is -0.384 e. The van der Waals surface area contributed by atoms with Gasteiger partial charge in [-0.25, -0.2) is 19.6 Å². The Bertz CT molecular complexity index is 762. The second kappa shape index (κ2) is 4.73. The Morgan fingerprint density at radius 3 is 2.65 bits per heavy atom. The quantitative estimate of drug-likeness (QED) is 0.766. The second-order valence-corrected chi connectivity index (χ2v) is 4.54. The molecule has 6 nitrogen and oxygen atoms in total. The number of nitrogens with two attached hydrogens (primary N) is 1. The minimum atomic E-state index is 0.429. The van der Waals surface area contributed by atoms with E-state index in [9.17, 15) is 0 Å². The molecule has 0 radical (unpaired) electrons. The summed E-state index contributed by atoms with van der Waals surface area (Å²) in [4.78, 5) is 12.6. The van der Waals surface area contributed by atoms with Crippen LogP contribution in [0.25, 0.3) is 17.1 Å². The van der Waals surface area contributed by atoms with Crippen LogP contribution in [-0.2, 0) is 0 Å². The van der Waals surface area contributed by atoms with Crippen molar-refractivity contribution in [1.29, 1.82) is 0 Å². The molecule has 0 saturated heterocycles. The van der Waals surface area contributed by atoms with Crippen LogP contribution in [0.4, 0.5) is 5.82 Å². The maximum absolute atomic E-state index is 5.72. The largest absolute Gasteiger partial charge is 0.384 e. The summed E-state index contributed by atoms with van der Waals surface area (Å²) in [5, 5.41) is 4.47. The maximum Gasteiger partial charge on any atom is 0.163 e. The van der Waals surface area contributed by atoms with Crippen LogP contribution in [0, 0.1) is 13.8 Å². The highest BCUT2D eigenvalue weighted by Gasteiger charge is 2.12. The molecule has 3 aromatic rings. The Hall–Kier alpha value is -2.76. The lowest BCUT2D eigenvalue weighted by Crippen LogP contribution is -2.05. The van der Waals surface area contributed by atoms with Crippen LogP contribution in [0.1, 0.15) is 11.4 Å². The van der Waals surface area contributed by atoms with Gasteiger partial charge in [-0.05, 0) is 32.0 Å². The van der Waals surface area contributed by atoms with Crippen molar-refractivity contribution in [1.82, 2.24) is 24.7 Å². The number of rotatable bonds is 2. The molecule has 2 N–H and O–H groups in total. The fraction of sp³-hybridized carbons (Fsp3) is 0.143. The van der Waals surface area contributed by atoms with Crippen molar-refractivity contribution in [2.45, 2.75) is 13.8 Å². The SMILES string of the molecule is Cc1cc(C)n(-c2ncccc2-c2cc(N)ncn2)n1. The molecule has 0 aliphatic rings. The lowest BCUT2D eigenvalue weighted by molar-refractivity contribution is 0.807. The van der Waals surface area contributed by atoms with Crippen LogP contribution < -0.4 is 5.73 Å². The summed E-state index contributed by atoms with van der Waals surface area (Å²) < 4.78 is 1.81. The number of anilines is 1.